The summed E-state index contributed by atoms with van der Waals surface area (Å²) in [4.78, 5) is 15.6. The van der Waals surface area contributed by atoms with E-state index >= 15 is 0 Å². The number of Topliss-reactive ketones (excluding diaryl/α,β-unsaturated/α-hetero) is 1. The van der Waals surface area contributed by atoms with Gasteiger partial charge < -0.3 is 0 Å². The molecule has 0 bridgehead atoms. The van der Waals surface area contributed by atoms with Crippen LogP contribution in [0.25, 0.3) is 16.7 Å². The van der Waals surface area contributed by atoms with E-state index in [2.05, 4.69) is 57.9 Å². The highest BCUT2D eigenvalue weighted by Crippen LogP contribution is 2.38. The number of carbonyl (C=O) groups excluding carboxylic acids is 1. The predicted molar refractivity (Wildman–Crippen MR) is 144 cm³/mol. The van der Waals surface area contributed by atoms with Gasteiger partial charge in [-0.1, -0.05) is 71.0 Å². The van der Waals surface area contributed by atoms with Gasteiger partial charge in [0, 0.05) is 5.56 Å². The standard InChI is InChI=1S/C31H34N4O/c1-29(2,3)20-30(4,5)23-14-15-24(28(36)31(6,7)22-11-9-8-10-12-22)27(18-23)35-33-25-16-13-21(19-32)17-26(25)34-35/h8-18H,20H2,1-7H3. The molecule has 0 atom stereocenters. The number of nitriles is 1. The van der Waals surface area contributed by atoms with Crippen molar-refractivity contribution in [3.05, 3.63) is 89.0 Å². The van der Waals surface area contributed by atoms with E-state index in [-0.39, 0.29) is 16.6 Å². The Morgan fingerprint density at radius 1 is 0.833 bits per heavy atom. The van der Waals surface area contributed by atoms with E-state index in [9.17, 15) is 10.1 Å². The Kier molecular flexibility index (Phi) is 6.34. The SMILES string of the molecule is CC(C)(C)CC(C)(C)c1ccc(C(=O)C(C)(C)c2ccccc2)c(-n2nc3ccc(C#N)cc3n2)c1. The van der Waals surface area contributed by atoms with Gasteiger partial charge in [0.2, 0.25) is 0 Å². The summed E-state index contributed by atoms with van der Waals surface area (Å²) < 4.78 is 0. The van der Waals surface area contributed by atoms with Gasteiger partial charge in [0.15, 0.2) is 5.78 Å². The molecular formula is C31H34N4O. The average molecular weight is 479 g/mol. The van der Waals surface area contributed by atoms with Gasteiger partial charge in [-0.15, -0.1) is 15.0 Å². The van der Waals surface area contributed by atoms with Crippen LogP contribution in [-0.2, 0) is 10.8 Å². The zero-order chi connectivity index (χ0) is 26.3. The van der Waals surface area contributed by atoms with Gasteiger partial charge in [0.25, 0.3) is 0 Å². The number of fused-ring (bicyclic) bond motifs is 1. The van der Waals surface area contributed by atoms with Crippen molar-refractivity contribution in [3.8, 4) is 11.8 Å². The zero-order valence-electron chi connectivity index (χ0n) is 22.3. The molecule has 3 aromatic carbocycles. The molecule has 4 aromatic rings. The van der Waals surface area contributed by atoms with Crippen LogP contribution < -0.4 is 0 Å². The molecule has 0 N–H and O–H groups in total. The van der Waals surface area contributed by atoms with E-state index in [1.54, 1.807) is 23.0 Å². The molecule has 1 aromatic heterocycles. The molecule has 5 nitrogen and oxygen atoms in total. The molecule has 0 aliphatic carbocycles. The minimum Gasteiger partial charge on any atom is -0.293 e. The molecule has 5 heteroatoms. The number of aromatic nitrogens is 3. The van der Waals surface area contributed by atoms with E-state index in [4.69, 9.17) is 5.10 Å². The van der Waals surface area contributed by atoms with Crippen LogP contribution in [0.2, 0.25) is 0 Å². The second-order valence-corrected chi connectivity index (χ2v) is 12.0. The second-order valence-electron chi connectivity index (χ2n) is 12.0. The molecule has 1 heterocycles. The number of hydrogen-bond acceptors (Lipinski definition) is 4. The quantitative estimate of drug-likeness (QED) is 0.276. The fourth-order valence-electron chi connectivity index (χ4n) is 5.15. The lowest BCUT2D eigenvalue weighted by molar-refractivity contribution is 0.0908. The summed E-state index contributed by atoms with van der Waals surface area (Å²) in [6.07, 6.45) is 0.974. The van der Waals surface area contributed by atoms with Crippen LogP contribution >= 0.6 is 0 Å². The third-order valence-electron chi connectivity index (χ3n) is 6.78. The number of carbonyl (C=O) groups is 1. The van der Waals surface area contributed by atoms with E-state index in [0.717, 1.165) is 17.5 Å². The molecule has 0 fully saturated rings. The van der Waals surface area contributed by atoms with Gasteiger partial charge in [-0.25, -0.2) is 0 Å². The van der Waals surface area contributed by atoms with Crippen molar-refractivity contribution < 1.29 is 4.79 Å². The Bertz CT molecular complexity index is 1460. The molecule has 36 heavy (non-hydrogen) atoms. The highest BCUT2D eigenvalue weighted by molar-refractivity contribution is 6.06. The summed E-state index contributed by atoms with van der Waals surface area (Å²) in [7, 11) is 0. The lowest BCUT2D eigenvalue weighted by Crippen LogP contribution is -2.31. The Labute approximate surface area is 213 Å². The number of nitrogens with zero attached hydrogens (tertiary/aromatic N) is 4. The highest BCUT2D eigenvalue weighted by atomic mass is 16.1. The van der Waals surface area contributed by atoms with Crippen LogP contribution in [0.3, 0.4) is 0 Å². The molecule has 0 unspecified atom stereocenters. The normalized spacial score (nSPS) is 12.5. The third-order valence-corrected chi connectivity index (χ3v) is 6.78. The monoisotopic (exact) mass is 478 g/mol. The van der Waals surface area contributed by atoms with Crippen LogP contribution in [0.5, 0.6) is 0 Å². The van der Waals surface area contributed by atoms with Crippen LogP contribution in [0.1, 0.15) is 81.9 Å². The van der Waals surface area contributed by atoms with Crippen molar-refractivity contribution in [3.63, 3.8) is 0 Å². The van der Waals surface area contributed by atoms with Gasteiger partial charge >= 0.3 is 0 Å². The first-order chi connectivity index (χ1) is 16.8. The van der Waals surface area contributed by atoms with Gasteiger partial charge in [0.05, 0.1) is 22.7 Å². The van der Waals surface area contributed by atoms with Crippen LogP contribution in [0.15, 0.2) is 66.7 Å². The fraction of sp³-hybridized carbons (Fsp3) is 0.355. The molecule has 0 saturated carbocycles. The van der Waals surface area contributed by atoms with Crippen molar-refractivity contribution in [2.75, 3.05) is 0 Å². The highest BCUT2D eigenvalue weighted by Gasteiger charge is 2.34. The van der Waals surface area contributed by atoms with E-state index < -0.39 is 5.41 Å². The predicted octanol–water partition coefficient (Wildman–Crippen LogP) is 7.17. The molecule has 0 spiro atoms. The molecule has 0 amide bonds. The minimum absolute atomic E-state index is 0.00273. The molecule has 0 saturated heterocycles. The summed E-state index contributed by atoms with van der Waals surface area (Å²) in [6.45, 7) is 15.1. The largest absolute Gasteiger partial charge is 0.293 e. The zero-order valence-corrected chi connectivity index (χ0v) is 22.3. The van der Waals surface area contributed by atoms with Gasteiger partial charge in [0.1, 0.15) is 11.0 Å². The number of ketones is 1. The lowest BCUT2D eigenvalue weighted by atomic mass is 9.71. The summed E-state index contributed by atoms with van der Waals surface area (Å²) >= 11 is 0. The summed E-state index contributed by atoms with van der Waals surface area (Å²) in [6, 6.07) is 23.3. The average Bonchev–Trinajstić information content (AvgIpc) is 3.25. The summed E-state index contributed by atoms with van der Waals surface area (Å²) in [5.74, 6) is 0.00273. The van der Waals surface area contributed by atoms with Crippen molar-refractivity contribution in [1.29, 1.82) is 5.26 Å². The van der Waals surface area contributed by atoms with Gasteiger partial charge in [-0.2, -0.15) is 5.26 Å². The Morgan fingerprint density at radius 3 is 2.14 bits per heavy atom. The molecule has 0 aliphatic heterocycles. The fourth-order valence-corrected chi connectivity index (χ4v) is 5.15. The first-order valence-corrected chi connectivity index (χ1v) is 12.3. The maximum atomic E-state index is 14.1. The first kappa shape index (κ1) is 25.3. The van der Waals surface area contributed by atoms with Crippen molar-refractivity contribution >= 4 is 16.8 Å². The summed E-state index contributed by atoms with van der Waals surface area (Å²) in [5, 5.41) is 18.7. The molecule has 0 radical (unpaired) electrons. The lowest BCUT2D eigenvalue weighted by Gasteiger charge is -2.33. The van der Waals surface area contributed by atoms with Crippen LogP contribution in [0, 0.1) is 16.7 Å². The summed E-state index contributed by atoms with van der Waals surface area (Å²) in [5.41, 5.74) is 4.40. The Morgan fingerprint density at radius 2 is 1.50 bits per heavy atom. The number of benzene rings is 3. The van der Waals surface area contributed by atoms with Crippen molar-refractivity contribution in [2.24, 2.45) is 5.41 Å². The molecule has 0 aliphatic rings. The van der Waals surface area contributed by atoms with Crippen molar-refractivity contribution in [2.45, 2.75) is 65.7 Å². The maximum Gasteiger partial charge on any atom is 0.175 e. The smallest absolute Gasteiger partial charge is 0.175 e. The Hall–Kier alpha value is -3.78. The van der Waals surface area contributed by atoms with Crippen LogP contribution in [0.4, 0.5) is 0 Å². The van der Waals surface area contributed by atoms with Gasteiger partial charge in [-0.05, 0) is 72.6 Å². The van der Waals surface area contributed by atoms with E-state index in [1.807, 2.05) is 50.2 Å². The van der Waals surface area contributed by atoms with Gasteiger partial charge in [-0.3, -0.25) is 4.79 Å². The topological polar surface area (TPSA) is 71.6 Å². The number of rotatable bonds is 6. The van der Waals surface area contributed by atoms with E-state index in [1.165, 1.54) is 0 Å². The second kappa shape index (κ2) is 9.02. The number of hydrogen-bond donors (Lipinski definition) is 0. The molecule has 184 valence electrons. The minimum atomic E-state index is -0.737. The molecular weight excluding hydrogens is 444 g/mol. The Balaban J connectivity index is 1.90. The maximum absolute atomic E-state index is 14.1. The third kappa shape index (κ3) is 4.95. The van der Waals surface area contributed by atoms with Crippen molar-refractivity contribution in [1.82, 2.24) is 15.0 Å². The first-order valence-electron chi connectivity index (χ1n) is 12.3. The molecule has 4 rings (SSSR count). The van der Waals surface area contributed by atoms with E-state index in [0.29, 0.717) is 27.8 Å². The van der Waals surface area contributed by atoms with Crippen LogP contribution in [-0.4, -0.2) is 20.8 Å².